The molecule has 0 bridgehead atoms. The van der Waals surface area contributed by atoms with Gasteiger partial charge in [0.2, 0.25) is 0 Å². The fourth-order valence-corrected chi connectivity index (χ4v) is 4.88. The van der Waals surface area contributed by atoms with E-state index in [2.05, 4.69) is 40.4 Å². The summed E-state index contributed by atoms with van der Waals surface area (Å²) < 4.78 is 45.6. The molecule has 0 aliphatic carbocycles. The van der Waals surface area contributed by atoms with Crippen LogP contribution in [0.1, 0.15) is 26.3 Å². The van der Waals surface area contributed by atoms with Gasteiger partial charge in [0.15, 0.2) is 17.3 Å². The Morgan fingerprint density at radius 1 is 1.06 bits per heavy atom. The van der Waals surface area contributed by atoms with Crippen molar-refractivity contribution in [3.63, 3.8) is 0 Å². The second-order valence-corrected chi connectivity index (χ2v) is 11.1. The summed E-state index contributed by atoms with van der Waals surface area (Å²) in [6.07, 6.45) is 1.33. The third kappa shape index (κ3) is 6.01. The number of rotatable bonds is 8. The quantitative estimate of drug-likeness (QED) is 0.502. The summed E-state index contributed by atoms with van der Waals surface area (Å²) in [4.78, 5) is 10.9. The van der Waals surface area contributed by atoms with Crippen molar-refractivity contribution < 1.29 is 22.6 Å². The van der Waals surface area contributed by atoms with Gasteiger partial charge in [0.25, 0.3) is 10.0 Å². The minimum absolute atomic E-state index is 0.0723. The average Bonchev–Trinajstić information content (AvgIpc) is 2.84. The minimum Gasteiger partial charge on any atom is -0.493 e. The van der Waals surface area contributed by atoms with Crippen LogP contribution in [0.5, 0.6) is 11.5 Å². The van der Waals surface area contributed by atoms with E-state index in [-0.39, 0.29) is 16.1 Å². The van der Waals surface area contributed by atoms with Crippen molar-refractivity contribution >= 4 is 26.7 Å². The van der Waals surface area contributed by atoms with Crippen molar-refractivity contribution in [2.45, 2.75) is 31.1 Å². The first-order valence-electron chi connectivity index (χ1n) is 11.6. The van der Waals surface area contributed by atoms with Crippen LogP contribution in [-0.2, 0) is 20.2 Å². The summed E-state index contributed by atoms with van der Waals surface area (Å²) in [7, 11) is -2.31. The van der Waals surface area contributed by atoms with E-state index < -0.39 is 10.0 Å². The molecule has 1 fully saturated rings. The number of aromatic nitrogens is 2. The minimum atomic E-state index is -3.85. The van der Waals surface area contributed by atoms with Crippen LogP contribution in [0, 0.1) is 0 Å². The number of anilines is 1. The fraction of sp³-hybridized carbons (Fsp3) is 0.440. The Hall–Kier alpha value is -2.95. The SMILES string of the molecule is COc1cc2c(NS(=O)(=O)c3ccc(C(C)(C)C)cc3)ncnc2cc1OCCN1CCOCC1. The van der Waals surface area contributed by atoms with Crippen LogP contribution >= 0.6 is 0 Å². The molecular formula is C25H32N4O5S. The van der Waals surface area contributed by atoms with Gasteiger partial charge in [-0.2, -0.15) is 0 Å². The lowest BCUT2D eigenvalue weighted by Crippen LogP contribution is -2.38. The number of benzene rings is 2. The molecule has 1 saturated heterocycles. The zero-order valence-corrected chi connectivity index (χ0v) is 21.4. The number of fused-ring (bicyclic) bond motifs is 1. The summed E-state index contributed by atoms with van der Waals surface area (Å²) in [5, 5.41) is 0.514. The lowest BCUT2D eigenvalue weighted by molar-refractivity contribution is 0.0321. The van der Waals surface area contributed by atoms with E-state index in [0.717, 1.165) is 38.4 Å². The van der Waals surface area contributed by atoms with Crippen molar-refractivity contribution in [2.75, 3.05) is 51.3 Å². The third-order valence-electron chi connectivity index (χ3n) is 5.95. The maximum absolute atomic E-state index is 13.1. The molecule has 0 unspecified atom stereocenters. The second-order valence-electron chi connectivity index (χ2n) is 9.42. The average molecular weight is 501 g/mol. The molecule has 188 valence electrons. The highest BCUT2D eigenvalue weighted by molar-refractivity contribution is 7.92. The fourth-order valence-electron chi connectivity index (χ4n) is 3.85. The molecule has 10 heteroatoms. The molecule has 4 rings (SSSR count). The number of morpholine rings is 1. The molecule has 2 heterocycles. The van der Waals surface area contributed by atoms with Crippen molar-refractivity contribution in [3.05, 3.63) is 48.3 Å². The number of sulfonamides is 1. The second kappa shape index (κ2) is 10.3. The van der Waals surface area contributed by atoms with Crippen LogP contribution in [0.3, 0.4) is 0 Å². The monoisotopic (exact) mass is 500 g/mol. The normalized spacial score (nSPS) is 15.2. The molecule has 0 amide bonds. The summed E-state index contributed by atoms with van der Waals surface area (Å²) in [5.41, 5.74) is 1.52. The third-order valence-corrected chi connectivity index (χ3v) is 7.31. The Morgan fingerprint density at radius 2 is 1.77 bits per heavy atom. The van der Waals surface area contributed by atoms with Crippen molar-refractivity contribution in [1.82, 2.24) is 14.9 Å². The summed E-state index contributed by atoms with van der Waals surface area (Å²) in [5.74, 6) is 1.19. The molecular weight excluding hydrogens is 468 g/mol. The van der Waals surface area contributed by atoms with Crippen molar-refractivity contribution in [2.24, 2.45) is 0 Å². The number of methoxy groups -OCH3 is 1. The number of nitrogens with one attached hydrogen (secondary N) is 1. The van der Waals surface area contributed by atoms with E-state index in [1.54, 1.807) is 31.4 Å². The van der Waals surface area contributed by atoms with Gasteiger partial charge in [0, 0.05) is 31.1 Å². The van der Waals surface area contributed by atoms with Crippen LogP contribution in [-0.4, -0.2) is 69.9 Å². The summed E-state index contributed by atoms with van der Waals surface area (Å²) >= 11 is 0. The number of ether oxygens (including phenoxy) is 3. The Kier molecular flexibility index (Phi) is 7.44. The highest BCUT2D eigenvalue weighted by Crippen LogP contribution is 2.34. The maximum atomic E-state index is 13.1. The summed E-state index contributed by atoms with van der Waals surface area (Å²) in [6.45, 7) is 10.7. The highest BCUT2D eigenvalue weighted by Gasteiger charge is 2.20. The van der Waals surface area contributed by atoms with Gasteiger partial charge in [-0.1, -0.05) is 32.9 Å². The van der Waals surface area contributed by atoms with Crippen LogP contribution < -0.4 is 14.2 Å². The van der Waals surface area contributed by atoms with Gasteiger partial charge < -0.3 is 14.2 Å². The van der Waals surface area contributed by atoms with E-state index in [0.29, 0.717) is 29.0 Å². The standard InChI is InChI=1S/C25H32N4O5S/c1-25(2,3)18-5-7-19(8-6-18)35(30,31)28-24-20-15-22(32-4)23(16-21(20)26-17-27-24)34-14-11-29-9-12-33-13-10-29/h5-8,15-17H,9-14H2,1-4H3,(H,26,27,28). The first-order chi connectivity index (χ1) is 16.7. The Labute approximate surface area is 206 Å². The van der Waals surface area contributed by atoms with Crippen LogP contribution in [0.4, 0.5) is 5.82 Å². The van der Waals surface area contributed by atoms with E-state index in [1.807, 2.05) is 12.1 Å². The Balaban J connectivity index is 1.55. The molecule has 2 aromatic carbocycles. The Morgan fingerprint density at radius 3 is 2.43 bits per heavy atom. The van der Waals surface area contributed by atoms with Gasteiger partial charge >= 0.3 is 0 Å². The predicted octanol–water partition coefficient (Wildman–Crippen LogP) is 3.45. The topological polar surface area (TPSA) is 103 Å². The van der Waals surface area contributed by atoms with Gasteiger partial charge in [-0.25, -0.2) is 18.4 Å². The maximum Gasteiger partial charge on any atom is 0.263 e. The van der Waals surface area contributed by atoms with Crippen LogP contribution in [0.15, 0.2) is 47.6 Å². The number of nitrogens with zero attached hydrogens (tertiary/aromatic N) is 3. The number of hydrogen-bond acceptors (Lipinski definition) is 8. The van der Waals surface area contributed by atoms with Crippen molar-refractivity contribution in [1.29, 1.82) is 0 Å². The zero-order valence-electron chi connectivity index (χ0n) is 20.6. The lowest BCUT2D eigenvalue weighted by atomic mass is 9.87. The first-order valence-corrected chi connectivity index (χ1v) is 13.0. The van der Waals surface area contributed by atoms with Gasteiger partial charge in [-0.3, -0.25) is 9.62 Å². The van der Waals surface area contributed by atoms with E-state index in [4.69, 9.17) is 14.2 Å². The van der Waals surface area contributed by atoms with Gasteiger partial charge in [-0.15, -0.1) is 0 Å². The van der Waals surface area contributed by atoms with Crippen molar-refractivity contribution in [3.8, 4) is 11.5 Å². The molecule has 3 aromatic rings. The lowest BCUT2D eigenvalue weighted by Gasteiger charge is -2.26. The Bertz CT molecular complexity index is 1270. The summed E-state index contributed by atoms with van der Waals surface area (Å²) in [6, 6.07) is 10.3. The van der Waals surface area contributed by atoms with Gasteiger partial charge in [-0.05, 0) is 29.2 Å². The number of hydrogen-bond donors (Lipinski definition) is 1. The molecule has 9 nitrogen and oxygen atoms in total. The smallest absolute Gasteiger partial charge is 0.263 e. The molecule has 0 atom stereocenters. The molecule has 35 heavy (non-hydrogen) atoms. The largest absolute Gasteiger partial charge is 0.493 e. The first kappa shape index (κ1) is 25.2. The molecule has 0 saturated carbocycles. The molecule has 1 N–H and O–H groups in total. The van der Waals surface area contributed by atoms with E-state index >= 15 is 0 Å². The zero-order chi connectivity index (χ0) is 25.1. The van der Waals surface area contributed by atoms with Crippen LogP contribution in [0.25, 0.3) is 10.9 Å². The van der Waals surface area contributed by atoms with E-state index in [1.165, 1.54) is 6.33 Å². The highest BCUT2D eigenvalue weighted by atomic mass is 32.2. The molecule has 1 aliphatic heterocycles. The van der Waals surface area contributed by atoms with Gasteiger partial charge in [0.05, 0.1) is 30.7 Å². The predicted molar refractivity (Wildman–Crippen MR) is 135 cm³/mol. The van der Waals surface area contributed by atoms with E-state index in [9.17, 15) is 8.42 Å². The van der Waals surface area contributed by atoms with Crippen LogP contribution in [0.2, 0.25) is 0 Å². The van der Waals surface area contributed by atoms with Gasteiger partial charge in [0.1, 0.15) is 12.9 Å². The molecule has 0 spiro atoms. The molecule has 1 aromatic heterocycles. The molecule has 0 radical (unpaired) electrons. The molecule has 1 aliphatic rings.